The Morgan fingerprint density at radius 3 is 2.51 bits per heavy atom. The van der Waals surface area contributed by atoms with Gasteiger partial charge in [-0.25, -0.2) is 4.79 Å². The van der Waals surface area contributed by atoms with Crippen LogP contribution in [-0.2, 0) is 14.3 Å². The van der Waals surface area contributed by atoms with Gasteiger partial charge in [0.15, 0.2) is 0 Å². The van der Waals surface area contributed by atoms with Crippen molar-refractivity contribution in [2.45, 2.75) is 39.8 Å². The van der Waals surface area contributed by atoms with Crippen LogP contribution in [0.3, 0.4) is 0 Å². The number of Topliss-reactive ketones (excluding diaryl/α,β-unsaturated/α-hetero) is 1. The van der Waals surface area contributed by atoms with Gasteiger partial charge in [0, 0.05) is 23.6 Å². The highest BCUT2D eigenvalue weighted by atomic mass is 16.5. The number of aliphatic hydroxyl groups excluding tert-OH is 1. The quantitative estimate of drug-likeness (QED) is 0.211. The maximum Gasteiger partial charge on any atom is 0.338 e. The lowest BCUT2D eigenvalue weighted by atomic mass is 9.95. The fraction of sp³-hybridized carbons (Fsp3) is 0.241. The Hall–Kier alpha value is -4.46. The molecule has 0 radical (unpaired) electrons. The molecule has 2 aromatic carbocycles. The van der Waals surface area contributed by atoms with Crippen LogP contribution in [0.2, 0.25) is 0 Å². The summed E-state index contributed by atoms with van der Waals surface area (Å²) in [4.78, 5) is 44.7. The molecule has 1 amide bonds. The fourth-order valence-corrected chi connectivity index (χ4v) is 4.29. The molecule has 0 aliphatic carbocycles. The van der Waals surface area contributed by atoms with Gasteiger partial charge in [0.2, 0.25) is 0 Å². The number of rotatable bonds is 7. The van der Waals surface area contributed by atoms with Crippen molar-refractivity contribution < 1.29 is 29.0 Å². The van der Waals surface area contributed by atoms with Crippen LogP contribution >= 0.6 is 0 Å². The Morgan fingerprint density at radius 2 is 1.86 bits per heavy atom. The topological polar surface area (TPSA) is 106 Å². The summed E-state index contributed by atoms with van der Waals surface area (Å²) in [7, 11) is 0. The molecule has 8 nitrogen and oxygen atoms in total. The zero-order valence-electron chi connectivity index (χ0n) is 21.1. The number of ether oxygens (including phenoxy) is 2. The number of carbonyl (C=O) groups excluding carboxylic acids is 3. The first-order chi connectivity index (χ1) is 17.7. The largest absolute Gasteiger partial charge is 0.507 e. The van der Waals surface area contributed by atoms with Gasteiger partial charge in [-0.1, -0.05) is 12.1 Å². The van der Waals surface area contributed by atoms with E-state index in [-0.39, 0.29) is 23.0 Å². The van der Waals surface area contributed by atoms with Crippen molar-refractivity contribution in [1.29, 1.82) is 0 Å². The minimum absolute atomic E-state index is 0.0725. The molecule has 4 rings (SSSR count). The number of pyridine rings is 1. The summed E-state index contributed by atoms with van der Waals surface area (Å²) < 4.78 is 10.9. The van der Waals surface area contributed by atoms with E-state index in [2.05, 4.69) is 4.98 Å². The third kappa shape index (κ3) is 5.09. The fourth-order valence-electron chi connectivity index (χ4n) is 4.29. The molecule has 1 atom stereocenters. The van der Waals surface area contributed by atoms with Gasteiger partial charge >= 0.3 is 5.97 Å². The Balaban J connectivity index is 1.86. The van der Waals surface area contributed by atoms with Gasteiger partial charge < -0.3 is 14.6 Å². The van der Waals surface area contributed by atoms with Gasteiger partial charge in [0.1, 0.15) is 11.5 Å². The van der Waals surface area contributed by atoms with Crippen LogP contribution in [0.5, 0.6) is 5.75 Å². The minimum atomic E-state index is -0.961. The molecule has 8 heteroatoms. The molecule has 1 fully saturated rings. The Morgan fingerprint density at radius 1 is 1.08 bits per heavy atom. The van der Waals surface area contributed by atoms with Crippen LogP contribution in [0.15, 0.2) is 72.6 Å². The van der Waals surface area contributed by atoms with Crippen molar-refractivity contribution in [2.75, 3.05) is 11.5 Å². The molecule has 1 aromatic heterocycles. The first kappa shape index (κ1) is 25.6. The number of ketones is 1. The average Bonchev–Trinajstić information content (AvgIpc) is 3.15. The molecular weight excluding hydrogens is 472 g/mol. The second-order valence-corrected chi connectivity index (χ2v) is 8.87. The van der Waals surface area contributed by atoms with Gasteiger partial charge in [0.05, 0.1) is 29.9 Å². The van der Waals surface area contributed by atoms with Crippen LogP contribution in [-0.4, -0.2) is 40.5 Å². The first-order valence-electron chi connectivity index (χ1n) is 12.0. The standard InChI is InChI=1S/C29H28N2O6/c1-5-36-23-12-11-19(14-18(23)4)26(32)24-25(21-9-7-13-30-16-21)31(28(34)27(24)33)22-10-6-8-20(15-22)29(35)37-17(2)3/h6-17,25,32H,5H2,1-4H3/b26-24+. The third-order valence-corrected chi connectivity index (χ3v) is 5.90. The summed E-state index contributed by atoms with van der Waals surface area (Å²) in [6.07, 6.45) is 2.80. The Bertz CT molecular complexity index is 1380. The number of anilines is 1. The van der Waals surface area contributed by atoms with Crippen LogP contribution < -0.4 is 9.64 Å². The van der Waals surface area contributed by atoms with E-state index in [9.17, 15) is 19.5 Å². The summed E-state index contributed by atoms with van der Waals surface area (Å²) in [6.45, 7) is 7.68. The van der Waals surface area contributed by atoms with Gasteiger partial charge in [-0.05, 0) is 81.3 Å². The third-order valence-electron chi connectivity index (χ3n) is 5.90. The SMILES string of the molecule is CCOc1ccc(/C(O)=C2\C(=O)C(=O)N(c3cccc(C(=O)OC(C)C)c3)C2c2cccnc2)cc1C. The molecule has 1 unspecified atom stereocenters. The number of aryl methyl sites for hydroxylation is 1. The number of aliphatic hydroxyl groups is 1. The lowest BCUT2D eigenvalue weighted by Gasteiger charge is -2.25. The molecule has 0 saturated carbocycles. The number of hydrogen-bond acceptors (Lipinski definition) is 7. The maximum atomic E-state index is 13.4. The molecule has 1 aliphatic rings. The van der Waals surface area contributed by atoms with Gasteiger partial charge in [-0.2, -0.15) is 0 Å². The highest BCUT2D eigenvalue weighted by molar-refractivity contribution is 6.51. The normalized spacial score (nSPS) is 16.8. The van der Waals surface area contributed by atoms with Crippen molar-refractivity contribution in [3.8, 4) is 5.75 Å². The zero-order valence-corrected chi connectivity index (χ0v) is 21.1. The maximum absolute atomic E-state index is 13.4. The second-order valence-electron chi connectivity index (χ2n) is 8.87. The van der Waals surface area contributed by atoms with E-state index in [1.807, 2.05) is 13.8 Å². The second kappa shape index (κ2) is 10.7. The van der Waals surface area contributed by atoms with E-state index in [1.54, 1.807) is 68.6 Å². The first-order valence-corrected chi connectivity index (χ1v) is 12.0. The van der Waals surface area contributed by atoms with Crippen LogP contribution in [0.1, 0.15) is 53.9 Å². The Labute approximate surface area is 215 Å². The smallest absolute Gasteiger partial charge is 0.338 e. The van der Waals surface area contributed by atoms with Gasteiger partial charge in [-0.15, -0.1) is 0 Å². The number of nitrogens with zero attached hydrogens (tertiary/aromatic N) is 2. The van der Waals surface area contributed by atoms with Crippen molar-refractivity contribution in [3.05, 3.63) is 94.8 Å². The molecule has 190 valence electrons. The minimum Gasteiger partial charge on any atom is -0.507 e. The molecule has 1 N–H and O–H groups in total. The van der Waals surface area contributed by atoms with E-state index >= 15 is 0 Å². The number of hydrogen-bond donors (Lipinski definition) is 1. The van der Waals surface area contributed by atoms with Gasteiger partial charge in [-0.3, -0.25) is 19.5 Å². The summed E-state index contributed by atoms with van der Waals surface area (Å²) in [6, 6.07) is 13.8. The predicted molar refractivity (Wildman–Crippen MR) is 138 cm³/mol. The number of carbonyl (C=O) groups is 3. The van der Waals surface area contributed by atoms with E-state index < -0.39 is 23.7 Å². The zero-order chi connectivity index (χ0) is 26.7. The van der Waals surface area contributed by atoms with Crippen molar-refractivity contribution in [2.24, 2.45) is 0 Å². The number of benzene rings is 2. The molecule has 1 saturated heterocycles. The predicted octanol–water partition coefficient (Wildman–Crippen LogP) is 4.98. The highest BCUT2D eigenvalue weighted by Gasteiger charge is 2.47. The Kier molecular flexibility index (Phi) is 7.38. The summed E-state index contributed by atoms with van der Waals surface area (Å²) in [5, 5.41) is 11.3. The van der Waals surface area contributed by atoms with Crippen LogP contribution in [0.25, 0.3) is 5.76 Å². The number of esters is 1. The molecule has 0 bridgehead atoms. The average molecular weight is 501 g/mol. The van der Waals surface area contributed by atoms with E-state index in [4.69, 9.17) is 9.47 Å². The molecule has 37 heavy (non-hydrogen) atoms. The van der Waals surface area contributed by atoms with Crippen LogP contribution in [0, 0.1) is 6.92 Å². The monoisotopic (exact) mass is 500 g/mol. The van der Waals surface area contributed by atoms with E-state index in [0.717, 1.165) is 5.56 Å². The molecule has 3 aromatic rings. The summed E-state index contributed by atoms with van der Waals surface area (Å²) >= 11 is 0. The molecular formula is C29H28N2O6. The number of amides is 1. The molecule has 0 spiro atoms. The number of aromatic nitrogens is 1. The van der Waals surface area contributed by atoms with Crippen LogP contribution in [0.4, 0.5) is 5.69 Å². The lowest BCUT2D eigenvalue weighted by molar-refractivity contribution is -0.132. The molecule has 2 heterocycles. The van der Waals surface area contributed by atoms with Crippen molar-refractivity contribution >= 4 is 29.1 Å². The van der Waals surface area contributed by atoms with Crippen molar-refractivity contribution in [1.82, 2.24) is 4.98 Å². The summed E-state index contributed by atoms with van der Waals surface area (Å²) in [5.74, 6) is -1.86. The highest BCUT2D eigenvalue weighted by Crippen LogP contribution is 2.42. The lowest BCUT2D eigenvalue weighted by Crippen LogP contribution is -2.29. The van der Waals surface area contributed by atoms with E-state index in [0.29, 0.717) is 29.2 Å². The van der Waals surface area contributed by atoms with E-state index in [1.165, 1.54) is 17.2 Å². The van der Waals surface area contributed by atoms with Gasteiger partial charge in [0.25, 0.3) is 11.7 Å². The van der Waals surface area contributed by atoms with Crippen molar-refractivity contribution in [3.63, 3.8) is 0 Å². The molecule has 1 aliphatic heterocycles. The summed E-state index contributed by atoms with van der Waals surface area (Å²) in [5.41, 5.74) is 2.16.